The van der Waals surface area contributed by atoms with Gasteiger partial charge in [-0.25, -0.2) is 0 Å². The molecule has 0 aliphatic rings. The molecule has 0 atom stereocenters. The normalized spacial score (nSPS) is 10.1. The molecule has 0 aliphatic carbocycles. The van der Waals surface area contributed by atoms with Crippen LogP contribution in [0.3, 0.4) is 0 Å². The number of nitrogens with one attached hydrogen (secondary N) is 1. The van der Waals surface area contributed by atoms with Gasteiger partial charge in [-0.1, -0.05) is 36.4 Å². The molecule has 0 saturated heterocycles. The first-order chi connectivity index (χ1) is 12.1. The third kappa shape index (κ3) is 6.18. The molecular formula is C19H21NO5. The summed E-state index contributed by atoms with van der Waals surface area (Å²) in [4.78, 5) is 22.1. The fraction of sp³-hybridized carbons (Fsp3) is 0.263. The van der Waals surface area contributed by atoms with Gasteiger partial charge >= 0.3 is 5.97 Å². The maximum absolute atomic E-state index is 11.6. The third-order valence-corrected chi connectivity index (χ3v) is 3.52. The van der Waals surface area contributed by atoms with Crippen LogP contribution in [0.4, 0.5) is 0 Å². The SMILES string of the molecule is COc1ccc(CNC(=O)CCC(=O)O)cc1OCc1ccccc1. The van der Waals surface area contributed by atoms with Gasteiger partial charge in [0.15, 0.2) is 11.5 Å². The van der Waals surface area contributed by atoms with Crippen LogP contribution in [0.1, 0.15) is 24.0 Å². The molecule has 6 nitrogen and oxygen atoms in total. The van der Waals surface area contributed by atoms with E-state index in [1.807, 2.05) is 36.4 Å². The second-order valence-corrected chi connectivity index (χ2v) is 5.43. The van der Waals surface area contributed by atoms with Crippen LogP contribution in [-0.4, -0.2) is 24.1 Å². The topological polar surface area (TPSA) is 84.9 Å². The van der Waals surface area contributed by atoms with Crippen molar-refractivity contribution in [1.82, 2.24) is 5.32 Å². The van der Waals surface area contributed by atoms with Crippen molar-refractivity contribution < 1.29 is 24.2 Å². The number of carboxylic acids is 1. The number of benzene rings is 2. The molecule has 2 N–H and O–H groups in total. The highest BCUT2D eigenvalue weighted by molar-refractivity contribution is 5.80. The predicted molar refractivity (Wildman–Crippen MR) is 92.5 cm³/mol. The Morgan fingerprint density at radius 3 is 2.44 bits per heavy atom. The number of amides is 1. The van der Waals surface area contributed by atoms with Crippen molar-refractivity contribution in [3.8, 4) is 11.5 Å². The van der Waals surface area contributed by atoms with E-state index in [1.54, 1.807) is 19.2 Å². The highest BCUT2D eigenvalue weighted by Crippen LogP contribution is 2.28. The molecule has 0 saturated carbocycles. The summed E-state index contributed by atoms with van der Waals surface area (Å²) in [6.07, 6.45) is -0.220. The standard InChI is InChI=1S/C19H21NO5/c1-24-16-8-7-15(12-20-18(21)9-10-19(22)23)11-17(16)25-13-14-5-3-2-4-6-14/h2-8,11H,9-10,12-13H2,1H3,(H,20,21)(H,22,23). The van der Waals surface area contributed by atoms with Gasteiger partial charge in [-0.2, -0.15) is 0 Å². The van der Waals surface area contributed by atoms with Crippen LogP contribution in [-0.2, 0) is 22.7 Å². The van der Waals surface area contributed by atoms with Crippen molar-refractivity contribution in [3.05, 3.63) is 59.7 Å². The molecule has 0 fully saturated rings. The summed E-state index contributed by atoms with van der Waals surface area (Å²) in [5.74, 6) is -0.0957. The molecular weight excluding hydrogens is 322 g/mol. The van der Waals surface area contributed by atoms with Gasteiger partial charge in [0.2, 0.25) is 5.91 Å². The van der Waals surface area contributed by atoms with Crippen molar-refractivity contribution in [1.29, 1.82) is 0 Å². The van der Waals surface area contributed by atoms with E-state index in [2.05, 4.69) is 5.32 Å². The largest absolute Gasteiger partial charge is 0.493 e. The fourth-order valence-corrected chi connectivity index (χ4v) is 2.19. The zero-order valence-corrected chi connectivity index (χ0v) is 14.0. The number of rotatable bonds is 9. The molecule has 0 radical (unpaired) electrons. The maximum atomic E-state index is 11.6. The molecule has 1 amide bonds. The second kappa shape index (κ2) is 9.32. The number of aliphatic carboxylic acids is 1. The summed E-state index contributed by atoms with van der Waals surface area (Å²) in [5.41, 5.74) is 1.88. The number of carbonyl (C=O) groups is 2. The van der Waals surface area contributed by atoms with Gasteiger partial charge in [-0.15, -0.1) is 0 Å². The van der Waals surface area contributed by atoms with E-state index in [1.165, 1.54) is 0 Å². The molecule has 25 heavy (non-hydrogen) atoms. The molecule has 2 aromatic carbocycles. The smallest absolute Gasteiger partial charge is 0.303 e. The van der Waals surface area contributed by atoms with Gasteiger partial charge in [0.1, 0.15) is 6.61 Å². The van der Waals surface area contributed by atoms with Gasteiger partial charge in [0, 0.05) is 13.0 Å². The molecule has 0 aliphatic heterocycles. The van der Waals surface area contributed by atoms with Gasteiger partial charge in [-0.3, -0.25) is 9.59 Å². The summed E-state index contributed by atoms with van der Waals surface area (Å²) in [6, 6.07) is 15.2. The first-order valence-corrected chi connectivity index (χ1v) is 7.90. The number of carboxylic acid groups (broad SMARTS) is 1. The Balaban J connectivity index is 1.96. The Morgan fingerprint density at radius 1 is 1.00 bits per heavy atom. The first-order valence-electron chi connectivity index (χ1n) is 7.90. The molecule has 0 unspecified atom stereocenters. The average molecular weight is 343 g/mol. The Kier molecular flexibility index (Phi) is 6.83. The predicted octanol–water partition coefficient (Wildman–Crippen LogP) is 2.76. The minimum Gasteiger partial charge on any atom is -0.493 e. The minimum atomic E-state index is -0.990. The van der Waals surface area contributed by atoms with Crippen molar-refractivity contribution in [2.75, 3.05) is 7.11 Å². The van der Waals surface area contributed by atoms with Crippen molar-refractivity contribution >= 4 is 11.9 Å². The van der Waals surface area contributed by atoms with E-state index in [9.17, 15) is 9.59 Å². The van der Waals surface area contributed by atoms with Gasteiger partial charge in [-0.05, 0) is 23.3 Å². The summed E-state index contributed by atoms with van der Waals surface area (Å²) >= 11 is 0. The van der Waals surface area contributed by atoms with Crippen molar-refractivity contribution in [2.24, 2.45) is 0 Å². The van der Waals surface area contributed by atoms with Crippen LogP contribution in [0, 0.1) is 0 Å². The number of hydrogen-bond acceptors (Lipinski definition) is 4. The van der Waals surface area contributed by atoms with E-state index in [0.29, 0.717) is 24.7 Å². The Bertz CT molecular complexity index is 715. The molecule has 0 bridgehead atoms. The van der Waals surface area contributed by atoms with E-state index >= 15 is 0 Å². The maximum Gasteiger partial charge on any atom is 0.303 e. The van der Waals surface area contributed by atoms with Crippen LogP contribution in [0.2, 0.25) is 0 Å². The number of carbonyl (C=O) groups excluding carboxylic acids is 1. The van der Waals surface area contributed by atoms with Crippen LogP contribution in [0.5, 0.6) is 11.5 Å². The van der Waals surface area contributed by atoms with E-state index in [-0.39, 0.29) is 18.7 Å². The van der Waals surface area contributed by atoms with Crippen molar-refractivity contribution in [3.63, 3.8) is 0 Å². The molecule has 0 aromatic heterocycles. The van der Waals surface area contributed by atoms with E-state index in [0.717, 1.165) is 11.1 Å². The third-order valence-electron chi connectivity index (χ3n) is 3.52. The number of ether oxygens (including phenoxy) is 2. The van der Waals surface area contributed by atoms with Gasteiger partial charge < -0.3 is 19.9 Å². The molecule has 2 aromatic rings. The summed E-state index contributed by atoms with van der Waals surface area (Å²) in [5, 5.41) is 11.3. The second-order valence-electron chi connectivity index (χ2n) is 5.43. The molecule has 0 spiro atoms. The first kappa shape index (κ1) is 18.3. The zero-order chi connectivity index (χ0) is 18.1. The molecule has 6 heteroatoms. The van der Waals surface area contributed by atoms with Crippen LogP contribution < -0.4 is 14.8 Å². The van der Waals surface area contributed by atoms with E-state index in [4.69, 9.17) is 14.6 Å². The summed E-state index contributed by atoms with van der Waals surface area (Å²) in [7, 11) is 1.57. The zero-order valence-electron chi connectivity index (χ0n) is 14.0. The number of methoxy groups -OCH3 is 1. The summed E-state index contributed by atoms with van der Waals surface area (Å²) in [6.45, 7) is 0.704. The molecule has 0 heterocycles. The lowest BCUT2D eigenvalue weighted by molar-refractivity contribution is -0.138. The lowest BCUT2D eigenvalue weighted by Crippen LogP contribution is -2.23. The van der Waals surface area contributed by atoms with Crippen LogP contribution >= 0.6 is 0 Å². The van der Waals surface area contributed by atoms with Crippen molar-refractivity contribution in [2.45, 2.75) is 26.0 Å². The van der Waals surface area contributed by atoms with Gasteiger partial charge in [0.05, 0.1) is 13.5 Å². The fourth-order valence-electron chi connectivity index (χ4n) is 2.19. The van der Waals surface area contributed by atoms with Crippen LogP contribution in [0.15, 0.2) is 48.5 Å². The minimum absolute atomic E-state index is 0.0388. The van der Waals surface area contributed by atoms with E-state index < -0.39 is 5.97 Å². The lowest BCUT2D eigenvalue weighted by atomic mass is 10.2. The number of hydrogen-bond donors (Lipinski definition) is 2. The Labute approximate surface area is 146 Å². The quantitative estimate of drug-likeness (QED) is 0.731. The molecule has 2 rings (SSSR count). The summed E-state index contributed by atoms with van der Waals surface area (Å²) < 4.78 is 11.1. The monoisotopic (exact) mass is 343 g/mol. The average Bonchev–Trinajstić information content (AvgIpc) is 2.63. The highest BCUT2D eigenvalue weighted by Gasteiger charge is 2.09. The van der Waals surface area contributed by atoms with Crippen LogP contribution in [0.25, 0.3) is 0 Å². The lowest BCUT2D eigenvalue weighted by Gasteiger charge is -2.13. The Morgan fingerprint density at radius 2 is 1.76 bits per heavy atom. The van der Waals surface area contributed by atoms with Gasteiger partial charge in [0.25, 0.3) is 0 Å². The molecule has 132 valence electrons. The highest BCUT2D eigenvalue weighted by atomic mass is 16.5. The Hall–Kier alpha value is -3.02.